The first kappa shape index (κ1) is 21.7. The van der Waals surface area contributed by atoms with Crippen LogP contribution >= 0.6 is 24.0 Å². The second kappa shape index (κ2) is 11.3. The molecule has 1 aliphatic heterocycles. The number of aromatic nitrogens is 2. The molecule has 148 valence electrons. The first-order valence-corrected chi connectivity index (χ1v) is 9.52. The molecule has 1 atom stereocenters. The number of rotatable bonds is 7. The molecule has 0 aliphatic carbocycles. The largest absolute Gasteiger partial charge is 0.355 e. The third-order valence-corrected chi connectivity index (χ3v) is 4.99. The maximum atomic E-state index is 4.36. The molecule has 6 nitrogen and oxygen atoms in total. The molecule has 7 heteroatoms. The van der Waals surface area contributed by atoms with Gasteiger partial charge in [0.2, 0.25) is 0 Å². The Balaban J connectivity index is 0.00000261. The maximum absolute atomic E-state index is 4.36. The smallest absolute Gasteiger partial charge is 0.191 e. The molecule has 1 fully saturated rings. The maximum Gasteiger partial charge on any atom is 0.191 e. The highest BCUT2D eigenvalue weighted by atomic mass is 127. The summed E-state index contributed by atoms with van der Waals surface area (Å²) in [7, 11) is 1.83. The van der Waals surface area contributed by atoms with Gasteiger partial charge in [-0.3, -0.25) is 14.6 Å². The van der Waals surface area contributed by atoms with E-state index >= 15 is 0 Å². The summed E-state index contributed by atoms with van der Waals surface area (Å²) in [4.78, 5) is 6.90. The Labute approximate surface area is 179 Å². The summed E-state index contributed by atoms with van der Waals surface area (Å²) in [6.45, 7) is 7.09. The van der Waals surface area contributed by atoms with E-state index in [0.717, 1.165) is 32.1 Å². The van der Waals surface area contributed by atoms with Gasteiger partial charge in [0.05, 0.1) is 6.54 Å². The molecule has 2 heterocycles. The van der Waals surface area contributed by atoms with Gasteiger partial charge < -0.3 is 10.6 Å². The van der Waals surface area contributed by atoms with E-state index in [1.165, 1.54) is 30.5 Å². The van der Waals surface area contributed by atoms with E-state index in [2.05, 4.69) is 56.8 Å². The Morgan fingerprint density at radius 3 is 2.85 bits per heavy atom. The molecule has 2 aromatic rings. The lowest BCUT2D eigenvalue weighted by molar-refractivity contribution is 0.267. The van der Waals surface area contributed by atoms with E-state index in [0.29, 0.717) is 6.04 Å². The van der Waals surface area contributed by atoms with Gasteiger partial charge in [-0.25, -0.2) is 0 Å². The van der Waals surface area contributed by atoms with Gasteiger partial charge in [0.25, 0.3) is 0 Å². The summed E-state index contributed by atoms with van der Waals surface area (Å²) in [6.07, 6.45) is 6.37. The molecule has 2 N–H and O–H groups in total. The Hall–Kier alpha value is -1.61. The summed E-state index contributed by atoms with van der Waals surface area (Å²) < 4.78 is 1.94. The summed E-state index contributed by atoms with van der Waals surface area (Å²) in [5.41, 5.74) is 2.49. The lowest BCUT2D eigenvalue weighted by Gasteiger charge is -2.24. The lowest BCUT2D eigenvalue weighted by atomic mass is 10.1. The molecule has 1 saturated heterocycles. The molecule has 0 radical (unpaired) electrons. The Morgan fingerprint density at radius 2 is 2.11 bits per heavy atom. The average Bonchev–Trinajstić information content (AvgIpc) is 3.33. The fourth-order valence-corrected chi connectivity index (χ4v) is 3.58. The number of guanidine groups is 1. The van der Waals surface area contributed by atoms with Crippen molar-refractivity contribution in [1.29, 1.82) is 0 Å². The highest BCUT2D eigenvalue weighted by Gasteiger charge is 2.22. The average molecular weight is 482 g/mol. The van der Waals surface area contributed by atoms with Crippen molar-refractivity contribution in [3.8, 4) is 0 Å². The Kier molecular flexibility index (Phi) is 9.06. The van der Waals surface area contributed by atoms with Crippen LogP contribution < -0.4 is 10.6 Å². The second-order valence-electron chi connectivity index (χ2n) is 6.75. The molecule has 1 aliphatic rings. The van der Waals surface area contributed by atoms with Gasteiger partial charge in [-0.15, -0.1) is 24.0 Å². The van der Waals surface area contributed by atoms with E-state index in [1.54, 1.807) is 0 Å². The normalized spacial score (nSPS) is 17.6. The Morgan fingerprint density at radius 1 is 1.26 bits per heavy atom. The number of hydrogen-bond donors (Lipinski definition) is 2. The van der Waals surface area contributed by atoms with Gasteiger partial charge in [0.1, 0.15) is 0 Å². The topological polar surface area (TPSA) is 57.5 Å². The van der Waals surface area contributed by atoms with E-state index < -0.39 is 0 Å². The van der Waals surface area contributed by atoms with Crippen LogP contribution in [0.3, 0.4) is 0 Å². The SMILES string of the molecule is CCN1CCCC1CNC(=NC)NCc1cccc(Cn2cccn2)c1.I. The van der Waals surface area contributed by atoms with Crippen LogP contribution in [0, 0.1) is 0 Å². The van der Waals surface area contributed by atoms with E-state index in [4.69, 9.17) is 0 Å². The highest BCUT2D eigenvalue weighted by Crippen LogP contribution is 2.15. The van der Waals surface area contributed by atoms with Gasteiger partial charge >= 0.3 is 0 Å². The van der Waals surface area contributed by atoms with Crippen molar-refractivity contribution in [2.45, 2.75) is 38.9 Å². The molecular weight excluding hydrogens is 451 g/mol. The predicted molar refractivity (Wildman–Crippen MR) is 122 cm³/mol. The molecule has 1 unspecified atom stereocenters. The monoisotopic (exact) mass is 482 g/mol. The van der Waals surface area contributed by atoms with Gasteiger partial charge in [0.15, 0.2) is 5.96 Å². The van der Waals surface area contributed by atoms with Gasteiger partial charge in [-0.2, -0.15) is 5.10 Å². The number of halogens is 1. The number of hydrogen-bond acceptors (Lipinski definition) is 3. The molecule has 1 aromatic heterocycles. The number of likely N-dealkylation sites (tertiary alicyclic amines) is 1. The van der Waals surface area contributed by atoms with Crippen molar-refractivity contribution in [3.63, 3.8) is 0 Å². The number of aliphatic imine (C=N–C) groups is 1. The van der Waals surface area contributed by atoms with Crippen molar-refractivity contribution in [3.05, 3.63) is 53.9 Å². The standard InChI is InChI=1S/C20H30N6.HI/c1-3-25-11-5-9-19(25)15-23-20(21-2)22-14-17-7-4-8-18(13-17)16-26-12-6-10-24-26;/h4,6-8,10,12-13,19H,3,5,9,11,14-16H2,1-2H3,(H2,21,22,23);1H. The first-order chi connectivity index (χ1) is 12.8. The van der Waals surface area contributed by atoms with Crippen LogP contribution in [-0.4, -0.2) is 53.4 Å². The second-order valence-corrected chi connectivity index (χ2v) is 6.75. The fraction of sp³-hybridized carbons (Fsp3) is 0.500. The van der Waals surface area contributed by atoms with E-state index in [1.807, 2.05) is 30.2 Å². The van der Waals surface area contributed by atoms with Crippen LogP contribution in [0.5, 0.6) is 0 Å². The van der Waals surface area contributed by atoms with Crippen LogP contribution in [0.25, 0.3) is 0 Å². The van der Waals surface area contributed by atoms with Crippen molar-refractivity contribution >= 4 is 29.9 Å². The summed E-state index contributed by atoms with van der Waals surface area (Å²) >= 11 is 0. The van der Waals surface area contributed by atoms with Crippen LogP contribution in [-0.2, 0) is 13.1 Å². The molecule has 0 bridgehead atoms. The zero-order valence-electron chi connectivity index (χ0n) is 16.3. The third-order valence-electron chi connectivity index (χ3n) is 4.99. The minimum absolute atomic E-state index is 0. The van der Waals surface area contributed by atoms with Crippen molar-refractivity contribution < 1.29 is 0 Å². The molecule has 0 saturated carbocycles. The fourth-order valence-electron chi connectivity index (χ4n) is 3.58. The predicted octanol–water partition coefficient (Wildman–Crippen LogP) is 2.70. The van der Waals surface area contributed by atoms with E-state index in [9.17, 15) is 0 Å². The zero-order chi connectivity index (χ0) is 18.2. The first-order valence-electron chi connectivity index (χ1n) is 9.52. The lowest BCUT2D eigenvalue weighted by Crippen LogP contribution is -2.44. The number of nitrogens with one attached hydrogen (secondary N) is 2. The molecule has 0 spiro atoms. The quantitative estimate of drug-likeness (QED) is 0.362. The minimum Gasteiger partial charge on any atom is -0.355 e. The van der Waals surface area contributed by atoms with Crippen molar-refractivity contribution in [1.82, 2.24) is 25.3 Å². The number of likely N-dealkylation sites (N-methyl/N-ethyl adjacent to an activating group) is 1. The summed E-state index contributed by atoms with van der Waals surface area (Å²) in [6, 6.07) is 11.2. The molecule has 0 amide bonds. The van der Waals surface area contributed by atoms with Crippen LogP contribution in [0.1, 0.15) is 30.9 Å². The third kappa shape index (κ3) is 6.49. The summed E-state index contributed by atoms with van der Waals surface area (Å²) in [5, 5.41) is 11.2. The summed E-state index contributed by atoms with van der Waals surface area (Å²) in [5.74, 6) is 0.866. The van der Waals surface area contributed by atoms with E-state index in [-0.39, 0.29) is 24.0 Å². The molecule has 27 heavy (non-hydrogen) atoms. The van der Waals surface area contributed by atoms with Gasteiger partial charge in [-0.05, 0) is 43.1 Å². The molecule has 3 rings (SSSR count). The van der Waals surface area contributed by atoms with Gasteiger partial charge in [0, 0.05) is 38.6 Å². The molecule has 1 aromatic carbocycles. The zero-order valence-corrected chi connectivity index (χ0v) is 18.6. The number of benzene rings is 1. The van der Waals surface area contributed by atoms with Gasteiger partial charge in [-0.1, -0.05) is 31.2 Å². The van der Waals surface area contributed by atoms with Crippen LogP contribution in [0.4, 0.5) is 0 Å². The minimum atomic E-state index is 0. The number of nitrogens with zero attached hydrogens (tertiary/aromatic N) is 4. The van der Waals surface area contributed by atoms with Crippen LogP contribution in [0.2, 0.25) is 0 Å². The highest BCUT2D eigenvalue weighted by molar-refractivity contribution is 14.0. The van der Waals surface area contributed by atoms with Crippen molar-refractivity contribution in [2.24, 2.45) is 4.99 Å². The Bertz CT molecular complexity index is 700. The van der Waals surface area contributed by atoms with Crippen LogP contribution in [0.15, 0.2) is 47.7 Å². The molecular formula is C20H31IN6. The van der Waals surface area contributed by atoms with Crippen molar-refractivity contribution in [2.75, 3.05) is 26.7 Å².